The van der Waals surface area contributed by atoms with Gasteiger partial charge < -0.3 is 14.3 Å². The van der Waals surface area contributed by atoms with Crippen LogP contribution in [-0.4, -0.2) is 42.1 Å². The number of halogens is 1. The lowest BCUT2D eigenvalue weighted by atomic mass is 10.00. The molecule has 0 bridgehead atoms. The zero-order valence-electron chi connectivity index (χ0n) is 14.4. The van der Waals surface area contributed by atoms with Crippen molar-refractivity contribution in [3.8, 4) is 0 Å². The maximum Gasteiger partial charge on any atom is 0.292 e. The molecule has 3 aromatic heterocycles. The third kappa shape index (κ3) is 2.35. The van der Waals surface area contributed by atoms with E-state index in [0.717, 1.165) is 5.69 Å². The molecular formula is C18H15FN6O2. The van der Waals surface area contributed by atoms with Crippen LogP contribution in [0.5, 0.6) is 0 Å². The Bertz CT molecular complexity index is 1160. The van der Waals surface area contributed by atoms with Gasteiger partial charge in [-0.3, -0.25) is 4.79 Å². The van der Waals surface area contributed by atoms with E-state index in [2.05, 4.69) is 20.1 Å². The largest absolute Gasteiger partial charge is 0.455 e. The van der Waals surface area contributed by atoms with Crippen molar-refractivity contribution in [1.82, 2.24) is 29.6 Å². The van der Waals surface area contributed by atoms with Gasteiger partial charge in [0.25, 0.3) is 5.91 Å². The van der Waals surface area contributed by atoms with Gasteiger partial charge in [0.2, 0.25) is 5.82 Å². The summed E-state index contributed by atoms with van der Waals surface area (Å²) in [6, 6.07) is 5.92. The molecule has 0 fully saturated rings. The first kappa shape index (κ1) is 15.7. The minimum absolute atomic E-state index is 0.168. The smallest absolute Gasteiger partial charge is 0.292 e. The second-order valence-electron chi connectivity index (χ2n) is 6.43. The number of fused-ring (bicyclic) bond motifs is 2. The minimum Gasteiger partial charge on any atom is -0.455 e. The van der Waals surface area contributed by atoms with E-state index in [-0.39, 0.29) is 17.3 Å². The highest BCUT2D eigenvalue weighted by Crippen LogP contribution is 2.37. The van der Waals surface area contributed by atoms with Gasteiger partial charge in [0, 0.05) is 31.1 Å². The van der Waals surface area contributed by atoms with Gasteiger partial charge in [0.1, 0.15) is 18.1 Å². The van der Waals surface area contributed by atoms with Crippen LogP contribution in [0.1, 0.15) is 33.8 Å². The summed E-state index contributed by atoms with van der Waals surface area (Å²) >= 11 is 0. The molecule has 5 rings (SSSR count). The normalized spacial score (nSPS) is 16.7. The van der Waals surface area contributed by atoms with E-state index >= 15 is 0 Å². The van der Waals surface area contributed by atoms with Crippen molar-refractivity contribution in [1.29, 1.82) is 0 Å². The van der Waals surface area contributed by atoms with Gasteiger partial charge in [-0.1, -0.05) is 12.1 Å². The summed E-state index contributed by atoms with van der Waals surface area (Å²) in [6.07, 6.45) is 3.56. The summed E-state index contributed by atoms with van der Waals surface area (Å²) < 4.78 is 21.4. The number of carbonyl (C=O) groups excluding carboxylic acids is 1. The second-order valence-corrected chi connectivity index (χ2v) is 6.43. The highest BCUT2D eigenvalue weighted by atomic mass is 19.1. The summed E-state index contributed by atoms with van der Waals surface area (Å²) in [4.78, 5) is 26.3. The molecule has 136 valence electrons. The number of aryl methyl sites for hydroxylation is 1. The number of furan rings is 1. The summed E-state index contributed by atoms with van der Waals surface area (Å²) in [5.74, 6) is -0.0440. The first-order chi connectivity index (χ1) is 13.1. The summed E-state index contributed by atoms with van der Waals surface area (Å²) in [5.41, 5.74) is 1.79. The summed E-state index contributed by atoms with van der Waals surface area (Å²) in [6.45, 7) is 0.449. The van der Waals surface area contributed by atoms with Crippen LogP contribution in [-0.2, 0) is 13.5 Å². The van der Waals surface area contributed by atoms with E-state index in [1.165, 1.54) is 17.1 Å². The Morgan fingerprint density at radius 2 is 2.26 bits per heavy atom. The predicted octanol–water partition coefficient (Wildman–Crippen LogP) is 2.21. The molecule has 9 heteroatoms. The minimum atomic E-state index is -0.573. The highest BCUT2D eigenvalue weighted by Gasteiger charge is 2.38. The lowest BCUT2D eigenvalue weighted by molar-refractivity contribution is 0.0655. The molecule has 4 aromatic rings. The van der Waals surface area contributed by atoms with Crippen molar-refractivity contribution in [2.45, 2.75) is 12.5 Å². The van der Waals surface area contributed by atoms with E-state index in [9.17, 15) is 9.18 Å². The molecule has 1 atom stereocenters. The maximum absolute atomic E-state index is 14.1. The molecule has 0 spiro atoms. The summed E-state index contributed by atoms with van der Waals surface area (Å²) in [5, 5.41) is 4.61. The number of nitrogens with one attached hydrogen (secondary N) is 1. The van der Waals surface area contributed by atoms with E-state index in [1.807, 2.05) is 0 Å². The Labute approximate surface area is 152 Å². The number of nitrogens with zero attached hydrogens (tertiary/aromatic N) is 5. The van der Waals surface area contributed by atoms with Crippen LogP contribution in [0.25, 0.3) is 11.0 Å². The van der Waals surface area contributed by atoms with Crippen molar-refractivity contribution in [3.05, 3.63) is 65.7 Å². The fraction of sp³-hybridized carbons (Fsp3) is 0.222. The third-order valence-corrected chi connectivity index (χ3v) is 4.87. The zero-order valence-corrected chi connectivity index (χ0v) is 14.4. The monoisotopic (exact) mass is 366 g/mol. The molecule has 1 aromatic carbocycles. The van der Waals surface area contributed by atoms with Crippen LogP contribution in [0.4, 0.5) is 4.39 Å². The molecule has 0 saturated heterocycles. The number of imidazole rings is 1. The van der Waals surface area contributed by atoms with E-state index in [1.54, 1.807) is 36.5 Å². The number of H-pyrrole nitrogens is 1. The first-order valence-electron chi connectivity index (χ1n) is 8.48. The van der Waals surface area contributed by atoms with Crippen molar-refractivity contribution in [2.24, 2.45) is 7.05 Å². The van der Waals surface area contributed by atoms with Gasteiger partial charge in [0.15, 0.2) is 11.4 Å². The number of hydrogen-bond acceptors (Lipinski definition) is 5. The van der Waals surface area contributed by atoms with Crippen LogP contribution in [0.3, 0.4) is 0 Å². The Balaban J connectivity index is 1.66. The average Bonchev–Trinajstić information content (AvgIpc) is 3.39. The molecule has 4 heterocycles. The van der Waals surface area contributed by atoms with E-state index in [4.69, 9.17) is 4.42 Å². The second kappa shape index (κ2) is 5.76. The van der Waals surface area contributed by atoms with Gasteiger partial charge in [0.05, 0.1) is 12.0 Å². The number of amides is 1. The molecule has 8 nitrogen and oxygen atoms in total. The maximum atomic E-state index is 14.1. The molecule has 0 unspecified atom stereocenters. The highest BCUT2D eigenvalue weighted by molar-refractivity contribution is 5.91. The third-order valence-electron chi connectivity index (χ3n) is 4.87. The van der Waals surface area contributed by atoms with Gasteiger partial charge in [-0.2, -0.15) is 5.10 Å². The molecule has 0 radical (unpaired) electrons. The van der Waals surface area contributed by atoms with Gasteiger partial charge >= 0.3 is 0 Å². The van der Waals surface area contributed by atoms with Crippen LogP contribution < -0.4 is 0 Å². The Morgan fingerprint density at radius 1 is 1.37 bits per heavy atom. The van der Waals surface area contributed by atoms with Crippen LogP contribution in [0, 0.1) is 5.82 Å². The van der Waals surface area contributed by atoms with Crippen LogP contribution >= 0.6 is 0 Å². The number of carbonyl (C=O) groups is 1. The number of rotatable bonds is 2. The van der Waals surface area contributed by atoms with Crippen LogP contribution in [0.15, 0.2) is 41.3 Å². The van der Waals surface area contributed by atoms with Gasteiger partial charge in [-0.25, -0.2) is 19.0 Å². The lowest BCUT2D eigenvalue weighted by Crippen LogP contribution is -2.41. The molecule has 1 N–H and O–H groups in total. The number of para-hydroxylation sites is 1. The Morgan fingerprint density at radius 3 is 3.04 bits per heavy atom. The molecule has 1 aliphatic rings. The number of benzene rings is 1. The van der Waals surface area contributed by atoms with Crippen molar-refractivity contribution >= 4 is 16.9 Å². The average molecular weight is 366 g/mol. The van der Waals surface area contributed by atoms with Crippen molar-refractivity contribution in [2.75, 3.05) is 6.54 Å². The molecule has 0 aliphatic carbocycles. The van der Waals surface area contributed by atoms with Crippen molar-refractivity contribution < 1.29 is 13.6 Å². The molecule has 1 amide bonds. The summed E-state index contributed by atoms with van der Waals surface area (Å²) in [7, 11) is 1.66. The zero-order chi connectivity index (χ0) is 18.5. The van der Waals surface area contributed by atoms with Crippen molar-refractivity contribution in [3.63, 3.8) is 0 Å². The predicted molar refractivity (Wildman–Crippen MR) is 92.3 cm³/mol. The number of hydrogen-bond donors (Lipinski definition) is 1. The fourth-order valence-electron chi connectivity index (χ4n) is 3.58. The molecule has 1 aliphatic heterocycles. The Hall–Kier alpha value is -3.49. The molecule has 27 heavy (non-hydrogen) atoms. The van der Waals surface area contributed by atoms with Crippen LogP contribution in [0.2, 0.25) is 0 Å². The number of aromatic nitrogens is 5. The van der Waals surface area contributed by atoms with Gasteiger partial charge in [-0.15, -0.1) is 0 Å². The van der Waals surface area contributed by atoms with E-state index < -0.39 is 11.9 Å². The molecular weight excluding hydrogens is 351 g/mol. The fourth-order valence-corrected chi connectivity index (χ4v) is 3.58. The lowest BCUT2D eigenvalue weighted by Gasteiger charge is -2.33. The SMILES string of the molecule is Cn1ncnc1C(=O)N1CCc2[nH]cnc2[C@H]1c1cc2cccc(F)c2o1. The topological polar surface area (TPSA) is 92.8 Å². The standard InChI is InChI=1S/C18H15FN6O2/c1-24-17(22-9-23-24)18(26)25-6-5-12-14(21-8-20-12)15(25)13-7-10-3-2-4-11(19)16(10)27-13/h2-4,7-9,15H,5-6H2,1H3,(H,20,21)/t15-/m1/s1. The first-order valence-corrected chi connectivity index (χ1v) is 8.48. The van der Waals surface area contributed by atoms with E-state index in [0.29, 0.717) is 29.8 Å². The molecule has 0 saturated carbocycles. The quantitative estimate of drug-likeness (QED) is 0.587. The number of aromatic amines is 1. The Kier molecular flexibility index (Phi) is 3.36. The van der Waals surface area contributed by atoms with Gasteiger partial charge in [-0.05, 0) is 12.1 Å².